The lowest BCUT2D eigenvalue weighted by Gasteiger charge is -2.32. The Kier molecular flexibility index (Phi) is 7.18. The minimum atomic E-state index is -3.89. The van der Waals surface area contributed by atoms with Crippen LogP contribution in [0.25, 0.3) is 0 Å². The van der Waals surface area contributed by atoms with Crippen molar-refractivity contribution in [1.82, 2.24) is 4.31 Å². The molecule has 0 spiro atoms. The number of carbonyl (C=O) groups excluding carboxylic acids is 1. The zero-order valence-corrected chi connectivity index (χ0v) is 20.1. The van der Waals surface area contributed by atoms with Crippen molar-refractivity contribution in [3.63, 3.8) is 0 Å². The number of nitrogens with zero attached hydrogens (tertiary/aromatic N) is 3. The third-order valence-corrected chi connectivity index (χ3v) is 8.72. The highest BCUT2D eigenvalue weighted by Gasteiger charge is 2.34. The smallest absolute Gasteiger partial charge is 0.270 e. The first-order valence-electron chi connectivity index (χ1n) is 11.7. The molecule has 9 nitrogen and oxygen atoms in total. The number of para-hydroxylation sites is 2. The van der Waals surface area contributed by atoms with Crippen LogP contribution in [0.3, 0.4) is 0 Å². The van der Waals surface area contributed by atoms with Gasteiger partial charge in [-0.05, 0) is 56.7 Å². The molecule has 1 N–H and O–H groups in total. The van der Waals surface area contributed by atoms with E-state index in [1.807, 2.05) is 24.3 Å². The molecule has 34 heavy (non-hydrogen) atoms. The molecule has 0 radical (unpaired) electrons. The van der Waals surface area contributed by atoms with E-state index in [1.165, 1.54) is 22.9 Å². The van der Waals surface area contributed by atoms with Gasteiger partial charge >= 0.3 is 0 Å². The fourth-order valence-electron chi connectivity index (χ4n) is 4.70. The highest BCUT2D eigenvalue weighted by atomic mass is 32.2. The third-order valence-electron chi connectivity index (χ3n) is 6.68. The molecule has 2 aliphatic heterocycles. The molecule has 182 valence electrons. The van der Waals surface area contributed by atoms with Gasteiger partial charge in [-0.25, -0.2) is 8.42 Å². The molecular formula is C24H30N4O5S. The molecule has 0 aliphatic carbocycles. The first-order chi connectivity index (χ1) is 16.3. The molecule has 2 fully saturated rings. The molecule has 4 rings (SSSR count). The lowest BCUT2D eigenvalue weighted by atomic mass is 9.97. The van der Waals surface area contributed by atoms with E-state index in [0.717, 1.165) is 43.4 Å². The first kappa shape index (κ1) is 24.2. The summed E-state index contributed by atoms with van der Waals surface area (Å²) in [4.78, 5) is 25.8. The van der Waals surface area contributed by atoms with Gasteiger partial charge in [-0.2, -0.15) is 4.31 Å². The lowest BCUT2D eigenvalue weighted by molar-refractivity contribution is -0.385. The van der Waals surface area contributed by atoms with E-state index >= 15 is 0 Å². The Morgan fingerprint density at radius 1 is 1.03 bits per heavy atom. The van der Waals surface area contributed by atoms with Crippen LogP contribution in [0.1, 0.15) is 37.7 Å². The summed E-state index contributed by atoms with van der Waals surface area (Å²) in [5, 5.41) is 14.2. The average molecular weight is 487 g/mol. The van der Waals surface area contributed by atoms with Crippen molar-refractivity contribution in [1.29, 1.82) is 0 Å². The number of sulfonamides is 1. The molecule has 0 unspecified atom stereocenters. The second-order valence-electron chi connectivity index (χ2n) is 8.94. The number of aryl methyl sites for hydroxylation is 1. The van der Waals surface area contributed by atoms with E-state index in [2.05, 4.69) is 10.2 Å². The number of hydrogen-bond acceptors (Lipinski definition) is 6. The summed E-state index contributed by atoms with van der Waals surface area (Å²) in [6.07, 6.45) is 4.29. The Labute approximate surface area is 200 Å². The van der Waals surface area contributed by atoms with Gasteiger partial charge < -0.3 is 10.2 Å². The van der Waals surface area contributed by atoms with Gasteiger partial charge in [-0.15, -0.1) is 0 Å². The van der Waals surface area contributed by atoms with Gasteiger partial charge in [-0.1, -0.05) is 18.2 Å². The average Bonchev–Trinajstić information content (AvgIpc) is 2.85. The monoisotopic (exact) mass is 486 g/mol. The minimum Gasteiger partial charge on any atom is -0.370 e. The van der Waals surface area contributed by atoms with E-state index in [9.17, 15) is 23.3 Å². The number of nitro groups is 1. The second kappa shape index (κ2) is 10.1. The van der Waals surface area contributed by atoms with Crippen LogP contribution in [-0.4, -0.2) is 49.7 Å². The maximum absolute atomic E-state index is 13.2. The number of rotatable bonds is 6. The summed E-state index contributed by atoms with van der Waals surface area (Å²) in [6, 6.07) is 11.7. The Bertz CT molecular complexity index is 1170. The van der Waals surface area contributed by atoms with Crippen molar-refractivity contribution in [2.24, 2.45) is 5.92 Å². The fraction of sp³-hybridized carbons (Fsp3) is 0.458. The molecular weight excluding hydrogens is 456 g/mol. The predicted molar refractivity (Wildman–Crippen MR) is 130 cm³/mol. The number of anilines is 2. The maximum atomic E-state index is 13.2. The number of hydrogen-bond donors (Lipinski definition) is 1. The van der Waals surface area contributed by atoms with Gasteiger partial charge in [0.05, 0.1) is 21.2 Å². The number of amides is 1. The van der Waals surface area contributed by atoms with Crippen molar-refractivity contribution in [3.05, 3.63) is 58.1 Å². The van der Waals surface area contributed by atoms with Gasteiger partial charge in [-0.3, -0.25) is 14.9 Å². The van der Waals surface area contributed by atoms with Crippen molar-refractivity contribution in [2.75, 3.05) is 36.4 Å². The van der Waals surface area contributed by atoms with Crippen LogP contribution in [0.2, 0.25) is 0 Å². The van der Waals surface area contributed by atoms with Crippen LogP contribution in [-0.2, 0) is 14.8 Å². The van der Waals surface area contributed by atoms with Gasteiger partial charge in [0, 0.05) is 44.2 Å². The minimum absolute atomic E-state index is 0.0555. The number of nitro benzene ring substituents is 1. The number of piperidine rings is 2. The number of nitrogens with one attached hydrogen (secondary N) is 1. The Hall–Kier alpha value is -2.98. The quantitative estimate of drug-likeness (QED) is 0.489. The molecule has 0 bridgehead atoms. The maximum Gasteiger partial charge on any atom is 0.270 e. The van der Waals surface area contributed by atoms with Crippen molar-refractivity contribution >= 4 is 33.0 Å². The Balaban J connectivity index is 1.42. The summed E-state index contributed by atoms with van der Waals surface area (Å²) in [5.74, 6) is -0.403. The largest absolute Gasteiger partial charge is 0.370 e. The zero-order chi connectivity index (χ0) is 24.3. The van der Waals surface area contributed by atoms with Gasteiger partial charge in [0.25, 0.3) is 5.69 Å². The molecule has 0 saturated carbocycles. The molecule has 0 atom stereocenters. The van der Waals surface area contributed by atoms with E-state index < -0.39 is 14.9 Å². The van der Waals surface area contributed by atoms with Crippen LogP contribution >= 0.6 is 0 Å². The molecule has 1 amide bonds. The normalized spacial score (nSPS) is 18.0. The highest BCUT2D eigenvalue weighted by Crippen LogP contribution is 2.31. The predicted octanol–water partition coefficient (Wildman–Crippen LogP) is 3.93. The second-order valence-corrected chi connectivity index (χ2v) is 10.8. The van der Waals surface area contributed by atoms with Crippen molar-refractivity contribution in [3.8, 4) is 0 Å². The summed E-state index contributed by atoms with van der Waals surface area (Å²) < 4.78 is 27.7. The van der Waals surface area contributed by atoms with Crippen LogP contribution < -0.4 is 10.2 Å². The summed E-state index contributed by atoms with van der Waals surface area (Å²) in [5.41, 5.74) is 2.01. The molecule has 2 aliphatic rings. The topological polar surface area (TPSA) is 113 Å². The molecule has 2 aromatic carbocycles. The zero-order valence-electron chi connectivity index (χ0n) is 19.3. The molecule has 10 heteroatoms. The third kappa shape index (κ3) is 5.07. The standard InChI is InChI=1S/C24H30N4O5S/c1-18-9-10-20(28(30)31)17-23(18)34(32,33)27-15-11-19(12-16-27)24(29)25-21-7-3-4-8-22(21)26-13-5-2-6-14-26/h3-4,7-10,17,19H,2,5-6,11-16H2,1H3,(H,25,29). The number of carbonyl (C=O) groups is 1. The molecule has 2 aromatic rings. The van der Waals surface area contributed by atoms with Gasteiger partial charge in [0.15, 0.2) is 0 Å². The van der Waals surface area contributed by atoms with Crippen LogP contribution in [0.4, 0.5) is 17.1 Å². The summed E-state index contributed by atoms with van der Waals surface area (Å²) in [7, 11) is -3.89. The number of benzene rings is 2. The molecule has 0 aromatic heterocycles. The van der Waals surface area contributed by atoms with Crippen molar-refractivity contribution in [2.45, 2.75) is 43.9 Å². The van der Waals surface area contributed by atoms with E-state index in [1.54, 1.807) is 6.92 Å². The van der Waals surface area contributed by atoms with Gasteiger partial charge in [0.2, 0.25) is 15.9 Å². The van der Waals surface area contributed by atoms with Crippen LogP contribution in [0.5, 0.6) is 0 Å². The Morgan fingerprint density at radius 3 is 2.38 bits per heavy atom. The fourth-order valence-corrected chi connectivity index (χ4v) is 6.42. The van der Waals surface area contributed by atoms with E-state index in [4.69, 9.17) is 0 Å². The molecule has 2 heterocycles. The van der Waals surface area contributed by atoms with E-state index in [-0.39, 0.29) is 35.5 Å². The summed E-state index contributed by atoms with van der Waals surface area (Å²) in [6.45, 7) is 3.95. The number of non-ortho nitro benzene ring substituents is 1. The summed E-state index contributed by atoms with van der Waals surface area (Å²) >= 11 is 0. The van der Waals surface area contributed by atoms with Crippen LogP contribution in [0.15, 0.2) is 47.4 Å². The SMILES string of the molecule is Cc1ccc([N+](=O)[O-])cc1S(=O)(=O)N1CCC(C(=O)Nc2ccccc2N2CCCCC2)CC1. The van der Waals surface area contributed by atoms with Crippen LogP contribution in [0, 0.1) is 23.0 Å². The first-order valence-corrected chi connectivity index (χ1v) is 13.1. The Morgan fingerprint density at radius 2 is 1.71 bits per heavy atom. The van der Waals surface area contributed by atoms with Crippen molar-refractivity contribution < 1.29 is 18.1 Å². The molecule has 2 saturated heterocycles. The van der Waals surface area contributed by atoms with Gasteiger partial charge in [0.1, 0.15) is 0 Å². The highest BCUT2D eigenvalue weighted by molar-refractivity contribution is 7.89. The van der Waals surface area contributed by atoms with E-state index in [0.29, 0.717) is 18.4 Å². The lowest BCUT2D eigenvalue weighted by Crippen LogP contribution is -2.41.